The Kier molecular flexibility index (Phi) is 5.68. The van der Waals surface area contributed by atoms with Gasteiger partial charge in [0.05, 0.1) is 19.2 Å². The van der Waals surface area contributed by atoms with E-state index in [1.54, 1.807) is 4.90 Å². The van der Waals surface area contributed by atoms with Crippen LogP contribution in [0, 0.1) is 0 Å². The molecule has 1 fully saturated rings. The third-order valence-corrected chi connectivity index (χ3v) is 3.85. The van der Waals surface area contributed by atoms with Crippen molar-refractivity contribution in [2.45, 2.75) is 38.8 Å². The number of aromatic amines is 1. The molecule has 1 aliphatic rings. The molecule has 2 N–H and O–H groups in total. The molecule has 0 bridgehead atoms. The molecule has 7 heteroatoms. The van der Waals surface area contributed by atoms with Crippen LogP contribution in [0.25, 0.3) is 0 Å². The van der Waals surface area contributed by atoms with Crippen molar-refractivity contribution in [3.8, 4) is 0 Å². The first-order valence-corrected chi connectivity index (χ1v) is 7.71. The number of carbonyl (C=O) groups is 1. The zero-order valence-electron chi connectivity index (χ0n) is 13.2. The van der Waals surface area contributed by atoms with Gasteiger partial charge in [-0.15, -0.1) is 0 Å². The fourth-order valence-electron chi connectivity index (χ4n) is 2.58. The van der Waals surface area contributed by atoms with Gasteiger partial charge in [0.15, 0.2) is 0 Å². The van der Waals surface area contributed by atoms with Crippen LogP contribution >= 0.6 is 0 Å². The lowest BCUT2D eigenvalue weighted by molar-refractivity contribution is -0.134. The van der Waals surface area contributed by atoms with Gasteiger partial charge in [-0.2, -0.15) is 0 Å². The lowest BCUT2D eigenvalue weighted by Gasteiger charge is -2.31. The number of aryl methyl sites for hydroxylation is 1. The van der Waals surface area contributed by atoms with Crippen molar-refractivity contribution in [1.82, 2.24) is 19.8 Å². The number of hydrogen-bond donors (Lipinski definition) is 2. The summed E-state index contributed by atoms with van der Waals surface area (Å²) in [4.78, 5) is 34.4. The Labute approximate surface area is 130 Å². The lowest BCUT2D eigenvalue weighted by atomic mass is 10.1. The van der Waals surface area contributed by atoms with Gasteiger partial charge in [0.25, 0.3) is 5.56 Å². The van der Waals surface area contributed by atoms with E-state index in [0.717, 1.165) is 5.69 Å². The highest BCUT2D eigenvalue weighted by Crippen LogP contribution is 2.10. The quantitative estimate of drug-likeness (QED) is 0.783. The van der Waals surface area contributed by atoms with E-state index in [1.165, 1.54) is 6.07 Å². The average Bonchev–Trinajstić information content (AvgIpc) is 2.46. The number of H-pyrrole nitrogens is 1. The minimum absolute atomic E-state index is 0.0448. The molecule has 2 heterocycles. The van der Waals surface area contributed by atoms with E-state index in [4.69, 9.17) is 0 Å². The predicted molar refractivity (Wildman–Crippen MR) is 82.4 cm³/mol. The summed E-state index contributed by atoms with van der Waals surface area (Å²) in [5.74, 6) is 0.622. The Morgan fingerprint density at radius 3 is 2.82 bits per heavy atom. The lowest BCUT2D eigenvalue weighted by Crippen LogP contribution is -2.44. The van der Waals surface area contributed by atoms with Gasteiger partial charge < -0.3 is 15.0 Å². The van der Waals surface area contributed by atoms with Crippen molar-refractivity contribution < 1.29 is 9.90 Å². The van der Waals surface area contributed by atoms with Crippen LogP contribution < -0.4 is 5.56 Å². The van der Waals surface area contributed by atoms with Gasteiger partial charge in [0.2, 0.25) is 5.91 Å². The first-order chi connectivity index (χ1) is 10.5. The summed E-state index contributed by atoms with van der Waals surface area (Å²) >= 11 is 0. The van der Waals surface area contributed by atoms with Crippen molar-refractivity contribution >= 4 is 5.91 Å². The molecule has 2 rings (SSSR count). The summed E-state index contributed by atoms with van der Waals surface area (Å²) in [6.45, 7) is 3.85. The number of aliphatic hydroxyl groups excluding tert-OH is 1. The summed E-state index contributed by atoms with van der Waals surface area (Å²) < 4.78 is 0. The van der Waals surface area contributed by atoms with Gasteiger partial charge in [-0.3, -0.25) is 14.5 Å². The Bertz CT molecular complexity index is 564. The average molecular weight is 308 g/mol. The third-order valence-electron chi connectivity index (χ3n) is 3.85. The number of hydrogen-bond acceptors (Lipinski definition) is 5. The van der Waals surface area contributed by atoms with Crippen LogP contribution in [-0.4, -0.2) is 63.6 Å². The number of likely N-dealkylation sites (N-methyl/N-ethyl adjacent to an activating group) is 1. The number of likely N-dealkylation sites (tertiary alicyclic amines) is 1. The number of carbonyl (C=O) groups excluding carboxylic acids is 1. The molecule has 1 amide bonds. The second kappa shape index (κ2) is 7.51. The van der Waals surface area contributed by atoms with E-state index >= 15 is 0 Å². The molecule has 1 aliphatic heterocycles. The van der Waals surface area contributed by atoms with E-state index in [2.05, 4.69) is 9.97 Å². The number of aromatic nitrogens is 2. The summed E-state index contributed by atoms with van der Waals surface area (Å²) in [6, 6.07) is 1.49. The molecule has 122 valence electrons. The molecule has 0 saturated carbocycles. The maximum Gasteiger partial charge on any atom is 0.251 e. The molecule has 1 aromatic rings. The summed E-state index contributed by atoms with van der Waals surface area (Å²) in [5, 5.41) is 9.47. The molecule has 0 atom stereocenters. The smallest absolute Gasteiger partial charge is 0.251 e. The molecular formula is C15H24N4O3. The summed E-state index contributed by atoms with van der Waals surface area (Å²) in [5.41, 5.74) is 0.593. The minimum Gasteiger partial charge on any atom is -0.393 e. The number of nitrogens with one attached hydrogen (secondary N) is 1. The van der Waals surface area contributed by atoms with Crippen LogP contribution in [0.1, 0.15) is 31.3 Å². The number of aliphatic hydroxyl groups is 1. The molecule has 0 radical (unpaired) electrons. The van der Waals surface area contributed by atoms with Crippen LogP contribution in [0.15, 0.2) is 10.9 Å². The first kappa shape index (κ1) is 16.6. The standard InChI is InChI=1S/C15H24N4O3/c1-3-11-8-14(21)17-13(16-11)9-18(2)10-15(22)19-6-4-12(20)5-7-19/h8,12,20H,3-7,9-10H2,1-2H3,(H,16,17,21). The van der Waals surface area contributed by atoms with E-state index in [9.17, 15) is 14.7 Å². The van der Waals surface area contributed by atoms with Crippen LogP contribution in [-0.2, 0) is 17.8 Å². The fraction of sp³-hybridized carbons (Fsp3) is 0.667. The van der Waals surface area contributed by atoms with E-state index in [-0.39, 0.29) is 24.1 Å². The summed E-state index contributed by atoms with van der Waals surface area (Å²) in [7, 11) is 1.83. The first-order valence-electron chi connectivity index (χ1n) is 7.71. The van der Waals surface area contributed by atoms with Crippen LogP contribution in [0.4, 0.5) is 0 Å². The van der Waals surface area contributed by atoms with Gasteiger partial charge in [0.1, 0.15) is 5.82 Å². The maximum atomic E-state index is 12.2. The van der Waals surface area contributed by atoms with Gasteiger partial charge in [0, 0.05) is 24.8 Å². The Morgan fingerprint density at radius 2 is 2.18 bits per heavy atom. The van der Waals surface area contributed by atoms with Gasteiger partial charge >= 0.3 is 0 Å². The Balaban J connectivity index is 1.89. The second-order valence-corrected chi connectivity index (χ2v) is 5.82. The molecule has 1 aromatic heterocycles. The number of rotatable bonds is 5. The molecule has 7 nitrogen and oxygen atoms in total. The van der Waals surface area contributed by atoms with E-state index in [0.29, 0.717) is 44.7 Å². The molecule has 22 heavy (non-hydrogen) atoms. The van der Waals surface area contributed by atoms with Crippen LogP contribution in [0.2, 0.25) is 0 Å². The molecule has 1 saturated heterocycles. The van der Waals surface area contributed by atoms with Gasteiger partial charge in [-0.25, -0.2) is 4.98 Å². The topological polar surface area (TPSA) is 89.5 Å². The van der Waals surface area contributed by atoms with Crippen molar-refractivity contribution in [2.24, 2.45) is 0 Å². The number of amides is 1. The SMILES string of the molecule is CCc1cc(=O)[nH]c(CN(C)CC(=O)N2CCC(O)CC2)n1. The van der Waals surface area contributed by atoms with Gasteiger partial charge in [-0.1, -0.05) is 6.92 Å². The second-order valence-electron chi connectivity index (χ2n) is 5.82. The molecule has 0 spiro atoms. The number of piperidine rings is 1. The molecular weight excluding hydrogens is 284 g/mol. The third kappa shape index (κ3) is 4.64. The Morgan fingerprint density at radius 1 is 1.50 bits per heavy atom. The van der Waals surface area contributed by atoms with E-state index < -0.39 is 0 Å². The number of nitrogens with zero attached hydrogens (tertiary/aromatic N) is 3. The normalized spacial score (nSPS) is 16.3. The highest BCUT2D eigenvalue weighted by molar-refractivity contribution is 5.78. The fourth-order valence-corrected chi connectivity index (χ4v) is 2.58. The van der Waals surface area contributed by atoms with E-state index in [1.807, 2.05) is 18.9 Å². The summed E-state index contributed by atoms with van der Waals surface area (Å²) in [6.07, 6.45) is 1.70. The molecule has 0 aromatic carbocycles. The molecule has 0 aliphatic carbocycles. The molecule has 0 unspecified atom stereocenters. The van der Waals surface area contributed by atoms with Gasteiger partial charge in [-0.05, 0) is 26.3 Å². The minimum atomic E-state index is -0.284. The van der Waals surface area contributed by atoms with Crippen molar-refractivity contribution in [3.63, 3.8) is 0 Å². The largest absolute Gasteiger partial charge is 0.393 e. The maximum absolute atomic E-state index is 12.2. The Hall–Kier alpha value is -1.73. The van der Waals surface area contributed by atoms with Crippen molar-refractivity contribution in [1.29, 1.82) is 0 Å². The predicted octanol–water partition coefficient (Wildman–Crippen LogP) is -0.253. The zero-order valence-corrected chi connectivity index (χ0v) is 13.2. The van der Waals surface area contributed by atoms with Crippen molar-refractivity contribution in [2.75, 3.05) is 26.7 Å². The highest BCUT2D eigenvalue weighted by atomic mass is 16.3. The monoisotopic (exact) mass is 308 g/mol. The van der Waals surface area contributed by atoms with Crippen LogP contribution in [0.3, 0.4) is 0 Å². The van der Waals surface area contributed by atoms with Crippen molar-refractivity contribution in [3.05, 3.63) is 27.9 Å². The van der Waals surface area contributed by atoms with Crippen LogP contribution in [0.5, 0.6) is 0 Å². The highest BCUT2D eigenvalue weighted by Gasteiger charge is 2.22. The zero-order chi connectivity index (χ0) is 16.1.